The van der Waals surface area contributed by atoms with Crippen LogP contribution in [0.1, 0.15) is 32.1 Å². The van der Waals surface area contributed by atoms with Crippen LogP contribution in [0.3, 0.4) is 0 Å². The lowest BCUT2D eigenvalue weighted by Gasteiger charge is -2.21. The molecule has 0 bridgehead atoms. The lowest BCUT2D eigenvalue weighted by molar-refractivity contribution is -0.129. The summed E-state index contributed by atoms with van der Waals surface area (Å²) in [6.45, 7) is 6.58. The summed E-state index contributed by atoms with van der Waals surface area (Å²) >= 11 is 5.04. The third-order valence-electron chi connectivity index (χ3n) is 2.54. The smallest absolute Gasteiger partial charge is 0.225 e. The Morgan fingerprint density at radius 1 is 1.60 bits per heavy atom. The van der Waals surface area contributed by atoms with E-state index in [1.807, 2.05) is 32.2 Å². The van der Waals surface area contributed by atoms with Crippen molar-refractivity contribution in [3.63, 3.8) is 0 Å². The van der Waals surface area contributed by atoms with Crippen LogP contribution >= 0.6 is 27.3 Å². The van der Waals surface area contributed by atoms with Crippen molar-refractivity contribution in [2.24, 2.45) is 5.41 Å². The average molecular weight is 290 g/mol. The predicted molar refractivity (Wildman–Crippen MR) is 67.9 cm³/mol. The summed E-state index contributed by atoms with van der Waals surface area (Å²) < 4.78 is 1.08. The topological polar surface area (TPSA) is 29.1 Å². The zero-order chi connectivity index (χ0) is 11.5. The van der Waals surface area contributed by atoms with Gasteiger partial charge in [0.25, 0.3) is 0 Å². The van der Waals surface area contributed by atoms with Gasteiger partial charge in [0.05, 0.1) is 6.54 Å². The molecule has 2 nitrogen and oxygen atoms in total. The summed E-state index contributed by atoms with van der Waals surface area (Å²) in [5, 5.41) is 4.97. The largest absolute Gasteiger partial charge is 0.351 e. The SMILES string of the molecule is CCC(C)(C)C(=O)NCc1cc(Br)cs1. The first kappa shape index (κ1) is 12.7. The monoisotopic (exact) mass is 289 g/mol. The van der Waals surface area contributed by atoms with Crippen molar-refractivity contribution in [3.8, 4) is 0 Å². The third kappa shape index (κ3) is 3.61. The van der Waals surface area contributed by atoms with Crippen LogP contribution in [0.2, 0.25) is 0 Å². The second-order valence-corrected chi connectivity index (χ2v) is 6.06. The first-order chi connectivity index (χ1) is 6.95. The quantitative estimate of drug-likeness (QED) is 0.902. The number of carbonyl (C=O) groups is 1. The van der Waals surface area contributed by atoms with Crippen LogP contribution in [-0.2, 0) is 11.3 Å². The zero-order valence-electron chi connectivity index (χ0n) is 9.26. The molecule has 0 aromatic carbocycles. The number of rotatable bonds is 4. The molecule has 0 saturated carbocycles. The highest BCUT2D eigenvalue weighted by molar-refractivity contribution is 9.10. The van der Waals surface area contributed by atoms with Gasteiger partial charge in [0.15, 0.2) is 0 Å². The van der Waals surface area contributed by atoms with Crippen molar-refractivity contribution in [3.05, 3.63) is 20.8 Å². The molecule has 1 N–H and O–H groups in total. The van der Waals surface area contributed by atoms with Crippen molar-refractivity contribution >= 4 is 33.2 Å². The second kappa shape index (κ2) is 5.12. The lowest BCUT2D eigenvalue weighted by atomic mass is 9.89. The summed E-state index contributed by atoms with van der Waals surface area (Å²) in [6.07, 6.45) is 0.854. The highest BCUT2D eigenvalue weighted by Gasteiger charge is 2.24. The lowest BCUT2D eigenvalue weighted by Crippen LogP contribution is -2.35. The maximum atomic E-state index is 11.8. The van der Waals surface area contributed by atoms with E-state index in [0.717, 1.165) is 10.9 Å². The molecule has 0 fully saturated rings. The Morgan fingerprint density at radius 2 is 2.27 bits per heavy atom. The second-order valence-electron chi connectivity index (χ2n) is 4.15. The minimum atomic E-state index is -0.269. The van der Waals surface area contributed by atoms with E-state index in [4.69, 9.17) is 0 Å². The van der Waals surface area contributed by atoms with Crippen LogP contribution in [0.4, 0.5) is 0 Å². The minimum absolute atomic E-state index is 0.120. The molecular weight excluding hydrogens is 274 g/mol. The van der Waals surface area contributed by atoms with Crippen molar-refractivity contribution in [1.82, 2.24) is 5.32 Å². The molecule has 4 heteroatoms. The number of thiophene rings is 1. The Hall–Kier alpha value is -0.350. The van der Waals surface area contributed by atoms with Gasteiger partial charge in [-0.25, -0.2) is 0 Å². The maximum absolute atomic E-state index is 11.8. The standard InChI is InChI=1S/C11H16BrNOS/c1-4-11(2,3)10(14)13-6-9-5-8(12)7-15-9/h5,7H,4,6H2,1-3H3,(H,13,14). The van der Waals surface area contributed by atoms with Crippen LogP contribution in [0, 0.1) is 5.41 Å². The Labute approximate surface area is 103 Å². The molecule has 1 aromatic heterocycles. The number of nitrogens with one attached hydrogen (secondary N) is 1. The Morgan fingerprint density at radius 3 is 2.73 bits per heavy atom. The van der Waals surface area contributed by atoms with E-state index in [9.17, 15) is 4.79 Å². The Balaban J connectivity index is 2.47. The van der Waals surface area contributed by atoms with Gasteiger partial charge < -0.3 is 5.32 Å². The Kier molecular flexibility index (Phi) is 4.34. The fraction of sp³-hybridized carbons (Fsp3) is 0.545. The summed E-state index contributed by atoms with van der Waals surface area (Å²) in [5.41, 5.74) is -0.269. The summed E-state index contributed by atoms with van der Waals surface area (Å²) in [5.74, 6) is 0.120. The van der Waals surface area contributed by atoms with E-state index in [1.165, 1.54) is 4.88 Å². The van der Waals surface area contributed by atoms with E-state index in [0.29, 0.717) is 6.54 Å². The van der Waals surface area contributed by atoms with Crippen LogP contribution in [-0.4, -0.2) is 5.91 Å². The fourth-order valence-electron chi connectivity index (χ4n) is 1.01. The molecule has 0 aliphatic heterocycles. The molecule has 1 aromatic rings. The van der Waals surface area contributed by atoms with Crippen molar-refractivity contribution in [2.45, 2.75) is 33.7 Å². The summed E-state index contributed by atoms with van der Waals surface area (Å²) in [7, 11) is 0. The molecule has 1 heterocycles. The molecular formula is C11H16BrNOS. The van der Waals surface area contributed by atoms with Crippen molar-refractivity contribution < 1.29 is 4.79 Å². The molecule has 0 unspecified atom stereocenters. The normalized spacial score (nSPS) is 11.5. The van der Waals surface area contributed by atoms with Gasteiger partial charge in [-0.2, -0.15) is 0 Å². The van der Waals surface area contributed by atoms with E-state index in [-0.39, 0.29) is 11.3 Å². The van der Waals surface area contributed by atoms with Crippen LogP contribution in [0.15, 0.2) is 15.9 Å². The van der Waals surface area contributed by atoms with Crippen molar-refractivity contribution in [2.75, 3.05) is 0 Å². The van der Waals surface area contributed by atoms with Gasteiger partial charge in [0, 0.05) is 20.1 Å². The van der Waals surface area contributed by atoms with Gasteiger partial charge in [0.1, 0.15) is 0 Å². The highest BCUT2D eigenvalue weighted by Crippen LogP contribution is 2.22. The van der Waals surface area contributed by atoms with Crippen LogP contribution < -0.4 is 5.32 Å². The van der Waals surface area contributed by atoms with Crippen molar-refractivity contribution in [1.29, 1.82) is 0 Å². The van der Waals surface area contributed by atoms with Gasteiger partial charge in [0.2, 0.25) is 5.91 Å². The van der Waals surface area contributed by atoms with E-state index in [2.05, 4.69) is 21.2 Å². The number of halogens is 1. The summed E-state index contributed by atoms with van der Waals surface area (Å²) in [4.78, 5) is 12.9. The fourth-order valence-corrected chi connectivity index (χ4v) is 2.40. The molecule has 0 aliphatic carbocycles. The molecule has 84 valence electrons. The Bertz CT molecular complexity index is 346. The molecule has 0 aliphatic rings. The first-order valence-electron chi connectivity index (χ1n) is 4.97. The van der Waals surface area contributed by atoms with Crippen LogP contribution in [0.25, 0.3) is 0 Å². The third-order valence-corrected chi connectivity index (χ3v) is 4.24. The number of hydrogen-bond donors (Lipinski definition) is 1. The maximum Gasteiger partial charge on any atom is 0.225 e. The van der Waals surface area contributed by atoms with Gasteiger partial charge in [-0.3, -0.25) is 4.79 Å². The number of carbonyl (C=O) groups excluding carboxylic acids is 1. The van der Waals surface area contributed by atoms with Gasteiger partial charge in [-0.1, -0.05) is 20.8 Å². The molecule has 0 radical (unpaired) electrons. The average Bonchev–Trinajstić information content (AvgIpc) is 2.60. The van der Waals surface area contributed by atoms with E-state index >= 15 is 0 Å². The van der Waals surface area contributed by atoms with E-state index in [1.54, 1.807) is 11.3 Å². The highest BCUT2D eigenvalue weighted by atomic mass is 79.9. The van der Waals surface area contributed by atoms with Gasteiger partial charge in [-0.15, -0.1) is 11.3 Å². The minimum Gasteiger partial charge on any atom is -0.351 e. The van der Waals surface area contributed by atoms with E-state index < -0.39 is 0 Å². The molecule has 1 amide bonds. The molecule has 1 rings (SSSR count). The predicted octanol–water partition coefficient (Wildman–Crippen LogP) is 3.56. The molecule has 15 heavy (non-hydrogen) atoms. The number of hydrogen-bond acceptors (Lipinski definition) is 2. The molecule has 0 atom stereocenters. The molecule has 0 spiro atoms. The van der Waals surface area contributed by atoms with Gasteiger partial charge in [-0.05, 0) is 28.4 Å². The molecule has 0 saturated heterocycles. The number of amides is 1. The summed E-state index contributed by atoms with van der Waals surface area (Å²) in [6, 6.07) is 2.03. The first-order valence-corrected chi connectivity index (χ1v) is 6.64. The van der Waals surface area contributed by atoms with Gasteiger partial charge >= 0.3 is 0 Å². The van der Waals surface area contributed by atoms with Crippen LogP contribution in [0.5, 0.6) is 0 Å². The zero-order valence-corrected chi connectivity index (χ0v) is 11.7.